The van der Waals surface area contributed by atoms with Crippen LogP contribution in [0, 0.1) is 0 Å². The normalized spacial score (nSPS) is 31.9. The fourth-order valence-electron chi connectivity index (χ4n) is 1.43. The van der Waals surface area contributed by atoms with Gasteiger partial charge in [0.2, 0.25) is 0 Å². The lowest BCUT2D eigenvalue weighted by Gasteiger charge is -2.03. The average Bonchev–Trinajstić information content (AvgIpc) is 2.68. The third-order valence-electron chi connectivity index (χ3n) is 2.18. The highest BCUT2D eigenvalue weighted by atomic mass is 35.5. The molecular weight excluding hydrogens is 160 g/mol. The highest BCUT2D eigenvalue weighted by Crippen LogP contribution is 2.31. The van der Waals surface area contributed by atoms with Crippen molar-refractivity contribution in [2.24, 2.45) is 0 Å². The zero-order valence-corrected chi connectivity index (χ0v) is 8.10. The summed E-state index contributed by atoms with van der Waals surface area (Å²) in [4.78, 5) is 0. The molecule has 66 valence electrons. The van der Waals surface area contributed by atoms with Crippen LogP contribution in [0.15, 0.2) is 0 Å². The topological polar surface area (TPSA) is 12.5 Å². The van der Waals surface area contributed by atoms with E-state index in [0.29, 0.717) is 17.6 Å². The standard InChI is InChI=1S/C9H17ClO/c1-3-5-7(10)6-9-8(4-2)11-9/h7-9H,3-6H2,1-2H3. The molecule has 0 spiro atoms. The maximum absolute atomic E-state index is 6.06. The Morgan fingerprint density at radius 2 is 2.09 bits per heavy atom. The van der Waals surface area contributed by atoms with E-state index in [1.807, 2.05) is 0 Å². The molecule has 1 saturated heterocycles. The van der Waals surface area contributed by atoms with Gasteiger partial charge in [-0.15, -0.1) is 11.6 Å². The van der Waals surface area contributed by atoms with Crippen molar-refractivity contribution in [1.82, 2.24) is 0 Å². The molecule has 0 aromatic carbocycles. The highest BCUT2D eigenvalue weighted by molar-refractivity contribution is 6.20. The van der Waals surface area contributed by atoms with E-state index in [4.69, 9.17) is 16.3 Å². The average molecular weight is 177 g/mol. The van der Waals surface area contributed by atoms with Crippen molar-refractivity contribution in [3.8, 4) is 0 Å². The maximum Gasteiger partial charge on any atom is 0.0855 e. The lowest BCUT2D eigenvalue weighted by molar-refractivity contribution is 0.356. The SMILES string of the molecule is CCCC(Cl)CC1OC1CC. The van der Waals surface area contributed by atoms with Crippen LogP contribution in [0.2, 0.25) is 0 Å². The van der Waals surface area contributed by atoms with Gasteiger partial charge in [-0.2, -0.15) is 0 Å². The van der Waals surface area contributed by atoms with Crippen molar-refractivity contribution in [2.45, 2.75) is 57.1 Å². The number of hydrogen-bond donors (Lipinski definition) is 0. The van der Waals surface area contributed by atoms with Crippen molar-refractivity contribution in [2.75, 3.05) is 0 Å². The summed E-state index contributed by atoms with van der Waals surface area (Å²) in [5.41, 5.74) is 0. The van der Waals surface area contributed by atoms with Crippen LogP contribution in [0.5, 0.6) is 0 Å². The van der Waals surface area contributed by atoms with Gasteiger partial charge in [-0.05, 0) is 19.3 Å². The van der Waals surface area contributed by atoms with Gasteiger partial charge in [0, 0.05) is 5.38 Å². The summed E-state index contributed by atoms with van der Waals surface area (Å²) in [6.45, 7) is 4.33. The van der Waals surface area contributed by atoms with Crippen LogP contribution < -0.4 is 0 Å². The van der Waals surface area contributed by atoms with E-state index in [-0.39, 0.29) is 0 Å². The molecule has 0 bridgehead atoms. The zero-order valence-electron chi connectivity index (χ0n) is 7.35. The minimum absolute atomic E-state index is 0.335. The van der Waals surface area contributed by atoms with Crippen molar-refractivity contribution in [1.29, 1.82) is 0 Å². The van der Waals surface area contributed by atoms with Crippen LogP contribution >= 0.6 is 11.6 Å². The molecular formula is C9H17ClO. The number of halogens is 1. The van der Waals surface area contributed by atoms with Crippen LogP contribution in [0.1, 0.15) is 39.5 Å². The smallest absolute Gasteiger partial charge is 0.0855 e. The summed E-state index contributed by atoms with van der Waals surface area (Å²) in [6.07, 6.45) is 5.49. The molecule has 0 amide bonds. The number of hydrogen-bond acceptors (Lipinski definition) is 1. The maximum atomic E-state index is 6.06. The molecule has 3 unspecified atom stereocenters. The molecule has 1 rings (SSSR count). The quantitative estimate of drug-likeness (QED) is 0.464. The Kier molecular flexibility index (Phi) is 3.67. The van der Waals surface area contributed by atoms with E-state index in [1.54, 1.807) is 0 Å². The van der Waals surface area contributed by atoms with Crippen molar-refractivity contribution in [3.63, 3.8) is 0 Å². The second-order valence-corrected chi connectivity index (χ2v) is 3.86. The number of ether oxygens (including phenoxy) is 1. The van der Waals surface area contributed by atoms with Gasteiger partial charge < -0.3 is 4.74 Å². The lowest BCUT2D eigenvalue weighted by Crippen LogP contribution is -2.04. The van der Waals surface area contributed by atoms with E-state index in [0.717, 1.165) is 19.3 Å². The summed E-state index contributed by atoms with van der Waals surface area (Å²) in [5, 5.41) is 0.335. The minimum atomic E-state index is 0.335. The molecule has 0 aromatic rings. The number of epoxide rings is 1. The Labute approximate surface area is 74.1 Å². The molecule has 1 fully saturated rings. The van der Waals surface area contributed by atoms with Gasteiger partial charge >= 0.3 is 0 Å². The van der Waals surface area contributed by atoms with Crippen molar-refractivity contribution >= 4 is 11.6 Å². The summed E-state index contributed by atoms with van der Waals surface area (Å²) < 4.78 is 5.40. The molecule has 0 N–H and O–H groups in total. The second kappa shape index (κ2) is 4.32. The van der Waals surface area contributed by atoms with E-state index < -0.39 is 0 Å². The van der Waals surface area contributed by atoms with E-state index in [9.17, 15) is 0 Å². The van der Waals surface area contributed by atoms with Gasteiger partial charge in [-0.3, -0.25) is 0 Å². The Bertz CT molecular complexity index is 116. The summed E-state index contributed by atoms with van der Waals surface area (Å²) in [7, 11) is 0. The Hall–Kier alpha value is 0.250. The van der Waals surface area contributed by atoms with Gasteiger partial charge in [0.05, 0.1) is 12.2 Å². The third kappa shape index (κ3) is 3.00. The molecule has 3 atom stereocenters. The van der Waals surface area contributed by atoms with Gasteiger partial charge in [0.1, 0.15) is 0 Å². The zero-order chi connectivity index (χ0) is 8.27. The Balaban J connectivity index is 2.03. The second-order valence-electron chi connectivity index (χ2n) is 3.24. The Morgan fingerprint density at radius 1 is 1.36 bits per heavy atom. The van der Waals surface area contributed by atoms with Gasteiger partial charge in [0.15, 0.2) is 0 Å². The molecule has 0 aromatic heterocycles. The number of alkyl halides is 1. The molecule has 1 aliphatic heterocycles. The molecule has 11 heavy (non-hydrogen) atoms. The summed E-state index contributed by atoms with van der Waals surface area (Å²) >= 11 is 6.06. The fourth-order valence-corrected chi connectivity index (χ4v) is 1.82. The van der Waals surface area contributed by atoms with E-state index in [1.165, 1.54) is 6.42 Å². The highest BCUT2D eigenvalue weighted by Gasteiger charge is 2.37. The fraction of sp³-hybridized carbons (Fsp3) is 1.00. The minimum Gasteiger partial charge on any atom is -0.370 e. The van der Waals surface area contributed by atoms with E-state index >= 15 is 0 Å². The van der Waals surface area contributed by atoms with Crippen LogP contribution in [0.4, 0.5) is 0 Å². The largest absolute Gasteiger partial charge is 0.370 e. The van der Waals surface area contributed by atoms with Gasteiger partial charge in [-0.1, -0.05) is 20.3 Å². The first-order chi connectivity index (χ1) is 5.27. The third-order valence-corrected chi connectivity index (χ3v) is 2.58. The Morgan fingerprint density at radius 3 is 2.55 bits per heavy atom. The molecule has 0 saturated carbocycles. The van der Waals surface area contributed by atoms with Crippen molar-refractivity contribution in [3.05, 3.63) is 0 Å². The van der Waals surface area contributed by atoms with E-state index in [2.05, 4.69) is 13.8 Å². The predicted molar refractivity (Wildman–Crippen MR) is 48.1 cm³/mol. The molecule has 0 aliphatic carbocycles. The monoisotopic (exact) mass is 176 g/mol. The predicted octanol–water partition coefficient (Wildman–Crippen LogP) is 2.96. The molecule has 1 heterocycles. The molecule has 2 heteroatoms. The van der Waals surface area contributed by atoms with Crippen LogP contribution in [-0.2, 0) is 4.74 Å². The van der Waals surface area contributed by atoms with Crippen LogP contribution in [0.3, 0.4) is 0 Å². The van der Waals surface area contributed by atoms with Gasteiger partial charge in [-0.25, -0.2) is 0 Å². The lowest BCUT2D eigenvalue weighted by atomic mass is 10.1. The first kappa shape index (κ1) is 9.34. The molecule has 1 aliphatic rings. The molecule has 1 nitrogen and oxygen atoms in total. The van der Waals surface area contributed by atoms with Crippen LogP contribution in [0.25, 0.3) is 0 Å². The van der Waals surface area contributed by atoms with Crippen LogP contribution in [-0.4, -0.2) is 17.6 Å². The first-order valence-electron chi connectivity index (χ1n) is 4.57. The number of rotatable bonds is 5. The summed E-state index contributed by atoms with van der Waals surface area (Å²) in [6, 6.07) is 0. The van der Waals surface area contributed by atoms with Crippen molar-refractivity contribution < 1.29 is 4.74 Å². The van der Waals surface area contributed by atoms with Gasteiger partial charge in [0.25, 0.3) is 0 Å². The summed E-state index contributed by atoms with van der Waals surface area (Å²) in [5.74, 6) is 0. The molecule has 0 radical (unpaired) electrons. The first-order valence-corrected chi connectivity index (χ1v) is 5.01.